The molecule has 1 aliphatic rings. The lowest BCUT2D eigenvalue weighted by Gasteiger charge is -2.22. The minimum Gasteiger partial charge on any atom is -0.493 e. The Balaban J connectivity index is 1.27. The Morgan fingerprint density at radius 3 is 2.44 bits per heavy atom. The van der Waals surface area contributed by atoms with E-state index in [1.807, 2.05) is 74.2 Å². The summed E-state index contributed by atoms with van der Waals surface area (Å²) in [6.45, 7) is 7.03. The van der Waals surface area contributed by atoms with Crippen molar-refractivity contribution in [1.82, 2.24) is 9.97 Å². The number of anilines is 3. The van der Waals surface area contributed by atoms with Crippen LogP contribution < -0.4 is 15.0 Å². The number of hydrogen-bond donors (Lipinski definition) is 2. The molecule has 1 amide bonds. The molecule has 8 heteroatoms. The molecule has 198 valence electrons. The number of aromatic nitrogens is 2. The van der Waals surface area contributed by atoms with E-state index in [-0.39, 0.29) is 12.3 Å². The van der Waals surface area contributed by atoms with E-state index in [1.54, 1.807) is 12.4 Å². The van der Waals surface area contributed by atoms with E-state index in [1.165, 1.54) is 0 Å². The summed E-state index contributed by atoms with van der Waals surface area (Å²) in [5.41, 5.74) is 6.91. The van der Waals surface area contributed by atoms with Gasteiger partial charge in [0.15, 0.2) is 5.82 Å². The van der Waals surface area contributed by atoms with Gasteiger partial charge in [-0.2, -0.15) is 0 Å². The molecule has 0 atom stereocenters. The van der Waals surface area contributed by atoms with E-state index < -0.39 is 5.97 Å². The minimum atomic E-state index is -0.842. The first-order valence-electron chi connectivity index (χ1n) is 12.9. The van der Waals surface area contributed by atoms with E-state index in [9.17, 15) is 9.59 Å². The average molecular weight is 523 g/mol. The number of benzene rings is 2. The molecule has 2 aromatic carbocycles. The fraction of sp³-hybridized carbons (Fsp3) is 0.226. The molecular formula is C31H30N4O4. The van der Waals surface area contributed by atoms with Crippen LogP contribution in [0.15, 0.2) is 67.0 Å². The van der Waals surface area contributed by atoms with E-state index in [0.717, 1.165) is 39.1 Å². The van der Waals surface area contributed by atoms with E-state index >= 15 is 0 Å². The monoisotopic (exact) mass is 522 g/mol. The number of ether oxygens (including phenoxy) is 1. The summed E-state index contributed by atoms with van der Waals surface area (Å²) in [6.07, 6.45) is 4.14. The molecule has 0 saturated carbocycles. The Morgan fingerprint density at radius 2 is 1.72 bits per heavy atom. The van der Waals surface area contributed by atoms with Crippen LogP contribution in [0.3, 0.4) is 0 Å². The predicted molar refractivity (Wildman–Crippen MR) is 151 cm³/mol. The molecule has 2 N–H and O–H groups in total. The fourth-order valence-corrected chi connectivity index (χ4v) is 4.76. The lowest BCUT2D eigenvalue weighted by atomic mass is 10.0. The van der Waals surface area contributed by atoms with Crippen LogP contribution in [-0.2, 0) is 17.6 Å². The van der Waals surface area contributed by atoms with Crippen molar-refractivity contribution in [2.75, 3.05) is 23.4 Å². The summed E-state index contributed by atoms with van der Waals surface area (Å²) < 4.78 is 6.08. The van der Waals surface area contributed by atoms with Gasteiger partial charge in [0, 0.05) is 25.4 Å². The molecule has 0 saturated heterocycles. The van der Waals surface area contributed by atoms with Gasteiger partial charge in [0.25, 0.3) is 5.91 Å². The number of carboxylic acids is 1. The Morgan fingerprint density at radius 1 is 0.949 bits per heavy atom. The third kappa shape index (κ3) is 5.45. The number of carbonyl (C=O) groups is 2. The number of rotatable bonds is 8. The van der Waals surface area contributed by atoms with Crippen LogP contribution in [0.5, 0.6) is 5.75 Å². The molecule has 0 bridgehead atoms. The van der Waals surface area contributed by atoms with Gasteiger partial charge in [0.1, 0.15) is 11.6 Å². The lowest BCUT2D eigenvalue weighted by Crippen LogP contribution is -2.20. The molecule has 8 nitrogen and oxygen atoms in total. The molecule has 4 aromatic rings. The van der Waals surface area contributed by atoms with Crippen molar-refractivity contribution in [2.24, 2.45) is 0 Å². The van der Waals surface area contributed by atoms with E-state index in [4.69, 9.17) is 9.84 Å². The Labute approximate surface area is 227 Å². The Kier molecular flexibility index (Phi) is 7.27. The highest BCUT2D eigenvalue weighted by molar-refractivity contribution is 6.11. The van der Waals surface area contributed by atoms with Gasteiger partial charge >= 0.3 is 5.97 Å². The Bertz CT molecular complexity index is 1550. The highest BCUT2D eigenvalue weighted by Crippen LogP contribution is 2.36. The fourth-order valence-electron chi connectivity index (χ4n) is 4.76. The van der Waals surface area contributed by atoms with Crippen molar-refractivity contribution in [3.8, 4) is 16.9 Å². The topological polar surface area (TPSA) is 105 Å². The van der Waals surface area contributed by atoms with E-state index in [2.05, 4.69) is 21.4 Å². The number of nitrogens with one attached hydrogen (secondary N) is 1. The molecule has 0 fully saturated rings. The summed E-state index contributed by atoms with van der Waals surface area (Å²) in [5.74, 6) is 1.04. The molecule has 0 unspecified atom stereocenters. The van der Waals surface area contributed by atoms with Crippen LogP contribution in [0.4, 0.5) is 17.3 Å². The summed E-state index contributed by atoms with van der Waals surface area (Å²) in [5, 5.41) is 12.0. The van der Waals surface area contributed by atoms with Gasteiger partial charge in [-0.15, -0.1) is 0 Å². The first-order chi connectivity index (χ1) is 18.8. The summed E-state index contributed by atoms with van der Waals surface area (Å²) in [6, 6.07) is 17.3. The number of carbonyl (C=O) groups excluding carboxylic acids is 1. The number of nitrogens with zero attached hydrogens (tertiary/aromatic N) is 3. The first kappa shape index (κ1) is 25.9. The predicted octanol–water partition coefficient (Wildman–Crippen LogP) is 5.73. The van der Waals surface area contributed by atoms with Gasteiger partial charge in [0.05, 0.1) is 24.3 Å². The van der Waals surface area contributed by atoms with Gasteiger partial charge in [-0.05, 0) is 78.4 Å². The third-order valence-electron chi connectivity index (χ3n) is 6.84. The first-order valence-corrected chi connectivity index (χ1v) is 12.9. The number of aliphatic carboxylic acids is 1. The molecule has 1 aliphatic heterocycles. The van der Waals surface area contributed by atoms with Crippen molar-refractivity contribution >= 4 is 29.2 Å². The van der Waals surface area contributed by atoms with Crippen molar-refractivity contribution in [3.63, 3.8) is 0 Å². The normalized spacial score (nSPS) is 12.3. The highest BCUT2D eigenvalue weighted by Gasteiger charge is 2.27. The maximum absolute atomic E-state index is 13.1. The molecule has 0 radical (unpaired) electrons. The molecule has 39 heavy (non-hydrogen) atoms. The zero-order valence-electron chi connectivity index (χ0n) is 22.2. The van der Waals surface area contributed by atoms with Gasteiger partial charge in [-0.25, -0.2) is 9.97 Å². The lowest BCUT2D eigenvalue weighted by molar-refractivity contribution is -0.136. The van der Waals surface area contributed by atoms with Crippen molar-refractivity contribution < 1.29 is 19.4 Å². The SMILES string of the molecule is CCN1c2ncc(CCOc3ccc(-c4ccc(CC(=O)O)cc4)cc3C)cc2C(=O)Nc2c(C)ccnc21. The maximum atomic E-state index is 13.1. The second-order valence-electron chi connectivity index (χ2n) is 9.59. The van der Waals surface area contributed by atoms with Crippen LogP contribution in [0, 0.1) is 13.8 Å². The van der Waals surface area contributed by atoms with Crippen LogP contribution in [0.1, 0.15) is 39.5 Å². The second kappa shape index (κ2) is 10.9. The minimum absolute atomic E-state index is 0.0118. The quantitative estimate of drug-likeness (QED) is 0.304. The van der Waals surface area contributed by atoms with Crippen LogP contribution >= 0.6 is 0 Å². The number of amides is 1. The van der Waals surface area contributed by atoms with Crippen molar-refractivity contribution in [2.45, 2.75) is 33.6 Å². The van der Waals surface area contributed by atoms with Crippen LogP contribution in [0.2, 0.25) is 0 Å². The maximum Gasteiger partial charge on any atom is 0.307 e. The zero-order valence-corrected chi connectivity index (χ0v) is 22.2. The second-order valence-corrected chi connectivity index (χ2v) is 9.59. The zero-order chi connectivity index (χ0) is 27.5. The van der Waals surface area contributed by atoms with Gasteiger partial charge < -0.3 is 20.1 Å². The average Bonchev–Trinajstić information content (AvgIpc) is 3.04. The largest absolute Gasteiger partial charge is 0.493 e. The number of hydrogen-bond acceptors (Lipinski definition) is 6. The van der Waals surface area contributed by atoms with Crippen LogP contribution in [0.25, 0.3) is 11.1 Å². The smallest absolute Gasteiger partial charge is 0.307 e. The highest BCUT2D eigenvalue weighted by atomic mass is 16.5. The van der Waals surface area contributed by atoms with Crippen molar-refractivity contribution in [3.05, 3.63) is 94.8 Å². The molecule has 0 spiro atoms. The van der Waals surface area contributed by atoms with Gasteiger partial charge in [-0.1, -0.05) is 30.3 Å². The summed E-state index contributed by atoms with van der Waals surface area (Å²) in [4.78, 5) is 35.2. The molecular weight excluding hydrogens is 492 g/mol. The third-order valence-corrected chi connectivity index (χ3v) is 6.84. The van der Waals surface area contributed by atoms with E-state index in [0.29, 0.717) is 42.5 Å². The molecule has 2 aromatic heterocycles. The van der Waals surface area contributed by atoms with Gasteiger partial charge in [0.2, 0.25) is 0 Å². The van der Waals surface area contributed by atoms with Gasteiger partial charge in [-0.3, -0.25) is 9.59 Å². The Hall–Kier alpha value is -4.72. The molecule has 3 heterocycles. The van der Waals surface area contributed by atoms with Crippen LogP contribution in [-0.4, -0.2) is 40.1 Å². The summed E-state index contributed by atoms with van der Waals surface area (Å²) >= 11 is 0. The van der Waals surface area contributed by atoms with Crippen molar-refractivity contribution in [1.29, 1.82) is 0 Å². The molecule has 5 rings (SSSR count). The number of pyridine rings is 2. The number of fused-ring (bicyclic) bond motifs is 2. The number of aryl methyl sites for hydroxylation is 2. The summed E-state index contributed by atoms with van der Waals surface area (Å²) in [7, 11) is 0. The number of carboxylic acid groups (broad SMARTS) is 1. The standard InChI is InChI=1S/C31H30N4O4/c1-4-35-29-25(31(38)34-28-19(2)11-13-32-30(28)35)16-22(18-33-29)12-14-39-26-10-9-24(15-20(26)3)23-7-5-21(6-8-23)17-27(36)37/h5-11,13,15-16,18H,4,12,14,17H2,1-3H3,(H,34,38)(H,36,37). The molecule has 0 aliphatic carbocycles.